The van der Waals surface area contributed by atoms with Crippen molar-refractivity contribution in [2.45, 2.75) is 13.0 Å². The lowest BCUT2D eigenvalue weighted by Gasteiger charge is -2.06. The second-order valence-corrected chi connectivity index (χ2v) is 6.35. The number of hydrogen-bond donors (Lipinski definition) is 1. The standard InChI is InChI=1S/C22H21NO5/c1-15(2)22(25)28-19-10-6-17(7-11-19)23-21(24)12-5-16-3-8-18(9-4-16)26-13-20-14-27-20/h3-12,20H,1,13-14H2,2H3,(H,23,24). The van der Waals surface area contributed by atoms with Gasteiger partial charge in [0, 0.05) is 17.3 Å². The second-order valence-electron chi connectivity index (χ2n) is 6.35. The minimum Gasteiger partial charge on any atom is -0.491 e. The van der Waals surface area contributed by atoms with E-state index >= 15 is 0 Å². The number of epoxide rings is 1. The Balaban J connectivity index is 1.48. The minimum atomic E-state index is -0.489. The highest BCUT2D eigenvalue weighted by Crippen LogP contribution is 2.18. The molecule has 0 radical (unpaired) electrons. The monoisotopic (exact) mass is 379 g/mol. The Labute approximate surface area is 163 Å². The van der Waals surface area contributed by atoms with Gasteiger partial charge in [0.1, 0.15) is 24.2 Å². The number of ether oxygens (including phenoxy) is 3. The van der Waals surface area contributed by atoms with Crippen LogP contribution in [0, 0.1) is 0 Å². The van der Waals surface area contributed by atoms with Gasteiger partial charge in [-0.2, -0.15) is 0 Å². The molecule has 0 bridgehead atoms. The van der Waals surface area contributed by atoms with Crippen LogP contribution in [-0.4, -0.2) is 31.2 Å². The van der Waals surface area contributed by atoms with Gasteiger partial charge in [0.15, 0.2) is 0 Å². The van der Waals surface area contributed by atoms with Crippen molar-refractivity contribution in [3.63, 3.8) is 0 Å². The first-order valence-corrected chi connectivity index (χ1v) is 8.81. The van der Waals surface area contributed by atoms with Gasteiger partial charge in [-0.25, -0.2) is 4.79 Å². The van der Waals surface area contributed by atoms with Gasteiger partial charge >= 0.3 is 5.97 Å². The fourth-order valence-corrected chi connectivity index (χ4v) is 2.18. The number of anilines is 1. The summed E-state index contributed by atoms with van der Waals surface area (Å²) in [6, 6.07) is 14.0. The van der Waals surface area contributed by atoms with E-state index < -0.39 is 5.97 Å². The Bertz CT molecular complexity index is 880. The van der Waals surface area contributed by atoms with Crippen molar-refractivity contribution >= 4 is 23.6 Å². The summed E-state index contributed by atoms with van der Waals surface area (Å²) in [5.41, 5.74) is 1.79. The fourth-order valence-electron chi connectivity index (χ4n) is 2.18. The molecule has 1 fully saturated rings. The molecule has 144 valence electrons. The van der Waals surface area contributed by atoms with Gasteiger partial charge in [0.2, 0.25) is 5.91 Å². The van der Waals surface area contributed by atoms with E-state index in [0.29, 0.717) is 23.6 Å². The molecule has 6 heteroatoms. The van der Waals surface area contributed by atoms with E-state index in [0.717, 1.165) is 17.9 Å². The van der Waals surface area contributed by atoms with E-state index in [4.69, 9.17) is 14.2 Å². The van der Waals surface area contributed by atoms with Crippen LogP contribution in [0.1, 0.15) is 12.5 Å². The van der Waals surface area contributed by atoms with E-state index in [1.807, 2.05) is 24.3 Å². The second kappa shape index (κ2) is 9.01. The number of rotatable bonds is 8. The Kier molecular flexibility index (Phi) is 6.24. The molecule has 0 spiro atoms. The molecule has 1 amide bonds. The summed E-state index contributed by atoms with van der Waals surface area (Å²) in [5.74, 6) is 0.400. The molecular weight excluding hydrogens is 358 g/mol. The summed E-state index contributed by atoms with van der Waals surface area (Å²) in [4.78, 5) is 23.5. The molecule has 1 aliphatic rings. The lowest BCUT2D eigenvalue weighted by Crippen LogP contribution is -2.09. The average Bonchev–Trinajstić information content (AvgIpc) is 3.51. The largest absolute Gasteiger partial charge is 0.491 e. The number of nitrogens with one attached hydrogen (secondary N) is 1. The Morgan fingerprint density at radius 2 is 1.79 bits per heavy atom. The fraction of sp³-hybridized carbons (Fsp3) is 0.182. The van der Waals surface area contributed by atoms with Crippen molar-refractivity contribution in [3.05, 3.63) is 72.3 Å². The first kappa shape index (κ1) is 19.4. The zero-order valence-electron chi connectivity index (χ0n) is 15.5. The summed E-state index contributed by atoms with van der Waals surface area (Å²) in [5, 5.41) is 2.74. The molecule has 6 nitrogen and oxygen atoms in total. The molecule has 0 aliphatic carbocycles. The smallest absolute Gasteiger partial charge is 0.338 e. The first-order valence-electron chi connectivity index (χ1n) is 8.81. The number of hydrogen-bond acceptors (Lipinski definition) is 5. The van der Waals surface area contributed by atoms with Gasteiger partial charge < -0.3 is 19.5 Å². The lowest BCUT2D eigenvalue weighted by molar-refractivity contribution is -0.130. The van der Waals surface area contributed by atoms with Crippen LogP contribution in [0.3, 0.4) is 0 Å². The Morgan fingerprint density at radius 3 is 2.39 bits per heavy atom. The van der Waals surface area contributed by atoms with E-state index in [2.05, 4.69) is 11.9 Å². The quantitative estimate of drug-likeness (QED) is 0.328. The molecule has 0 aromatic heterocycles. The number of esters is 1. The minimum absolute atomic E-state index is 0.218. The zero-order valence-corrected chi connectivity index (χ0v) is 15.5. The molecule has 1 aliphatic heterocycles. The maximum Gasteiger partial charge on any atom is 0.338 e. The molecule has 2 aromatic rings. The van der Waals surface area contributed by atoms with Crippen molar-refractivity contribution in [2.75, 3.05) is 18.5 Å². The van der Waals surface area contributed by atoms with Crippen LogP contribution in [0.25, 0.3) is 6.08 Å². The third-order valence-corrected chi connectivity index (χ3v) is 3.83. The van der Waals surface area contributed by atoms with Gasteiger partial charge in [-0.1, -0.05) is 18.7 Å². The summed E-state index contributed by atoms with van der Waals surface area (Å²) in [6.07, 6.45) is 3.38. The van der Waals surface area contributed by atoms with Crippen molar-refractivity contribution in [1.82, 2.24) is 0 Å². The van der Waals surface area contributed by atoms with E-state index in [1.54, 1.807) is 37.3 Å². The van der Waals surface area contributed by atoms with Crippen LogP contribution in [0.5, 0.6) is 11.5 Å². The highest BCUT2D eigenvalue weighted by molar-refractivity contribution is 6.02. The molecule has 1 heterocycles. The van der Waals surface area contributed by atoms with Crippen molar-refractivity contribution in [1.29, 1.82) is 0 Å². The molecule has 1 unspecified atom stereocenters. The summed E-state index contributed by atoms with van der Waals surface area (Å²) >= 11 is 0. The third kappa shape index (κ3) is 6.10. The maximum atomic E-state index is 12.1. The van der Waals surface area contributed by atoms with E-state index in [-0.39, 0.29) is 12.0 Å². The molecule has 2 aromatic carbocycles. The van der Waals surface area contributed by atoms with Crippen LogP contribution in [-0.2, 0) is 14.3 Å². The molecule has 3 rings (SSSR count). The molecule has 1 saturated heterocycles. The molecule has 0 saturated carbocycles. The van der Waals surface area contributed by atoms with Crippen molar-refractivity contribution in [2.24, 2.45) is 0 Å². The normalized spacial score (nSPS) is 15.1. The number of carbonyl (C=O) groups is 2. The summed E-state index contributed by atoms with van der Waals surface area (Å²) in [7, 11) is 0. The predicted octanol–water partition coefficient (Wildman–Crippen LogP) is 3.60. The topological polar surface area (TPSA) is 77.2 Å². The van der Waals surface area contributed by atoms with Crippen molar-refractivity contribution < 1.29 is 23.8 Å². The van der Waals surface area contributed by atoms with Crippen LogP contribution in [0.2, 0.25) is 0 Å². The summed E-state index contributed by atoms with van der Waals surface area (Å²) in [6.45, 7) is 6.42. The van der Waals surface area contributed by atoms with Crippen LogP contribution >= 0.6 is 0 Å². The summed E-state index contributed by atoms with van der Waals surface area (Å²) < 4.78 is 15.8. The maximum absolute atomic E-state index is 12.1. The van der Waals surface area contributed by atoms with E-state index in [9.17, 15) is 9.59 Å². The van der Waals surface area contributed by atoms with Crippen LogP contribution in [0.4, 0.5) is 5.69 Å². The first-order chi connectivity index (χ1) is 13.5. The lowest BCUT2D eigenvalue weighted by atomic mass is 10.2. The van der Waals surface area contributed by atoms with E-state index in [1.165, 1.54) is 6.08 Å². The number of amides is 1. The molecule has 28 heavy (non-hydrogen) atoms. The predicted molar refractivity (Wildman–Crippen MR) is 106 cm³/mol. The van der Waals surface area contributed by atoms with Gasteiger partial charge in [-0.05, 0) is 55.0 Å². The van der Waals surface area contributed by atoms with Gasteiger partial charge in [-0.15, -0.1) is 0 Å². The van der Waals surface area contributed by atoms with Gasteiger partial charge in [-0.3, -0.25) is 4.79 Å². The van der Waals surface area contributed by atoms with Gasteiger partial charge in [0.05, 0.1) is 6.61 Å². The highest BCUT2D eigenvalue weighted by Gasteiger charge is 2.22. The molecule has 1 N–H and O–H groups in total. The Morgan fingerprint density at radius 1 is 1.14 bits per heavy atom. The third-order valence-electron chi connectivity index (χ3n) is 3.83. The molecule has 1 atom stereocenters. The SMILES string of the molecule is C=C(C)C(=O)Oc1ccc(NC(=O)C=Cc2ccc(OCC3CO3)cc2)cc1. The number of benzene rings is 2. The zero-order chi connectivity index (χ0) is 19.9. The van der Waals surface area contributed by atoms with Gasteiger partial charge in [0.25, 0.3) is 0 Å². The van der Waals surface area contributed by atoms with Crippen LogP contribution in [0.15, 0.2) is 66.8 Å². The molecular formula is C22H21NO5. The Hall–Kier alpha value is -3.38. The van der Waals surface area contributed by atoms with Crippen LogP contribution < -0.4 is 14.8 Å². The van der Waals surface area contributed by atoms with Crippen molar-refractivity contribution in [3.8, 4) is 11.5 Å². The highest BCUT2D eigenvalue weighted by atomic mass is 16.6. The average molecular weight is 379 g/mol. The number of carbonyl (C=O) groups excluding carboxylic acids is 2.